The first-order valence-electron chi connectivity index (χ1n) is 22.9. The summed E-state index contributed by atoms with van der Waals surface area (Å²) in [6, 6.07) is 69.6. The minimum Gasteiger partial charge on any atom is -0.457 e. The predicted octanol–water partition coefficient (Wildman–Crippen LogP) is 15.1. The molecule has 8 aromatic carbocycles. The van der Waals surface area contributed by atoms with Crippen LogP contribution in [0.4, 0.5) is 0 Å². The van der Waals surface area contributed by atoms with E-state index in [1.165, 1.54) is 61.1 Å². The zero-order valence-corrected chi connectivity index (χ0v) is 37.8. The van der Waals surface area contributed by atoms with Crippen LogP contribution in [0, 0.1) is 0 Å². The minimum absolute atomic E-state index is 0.0335. The number of benzene rings is 8. The molecule has 318 valence electrons. The van der Waals surface area contributed by atoms with Crippen molar-refractivity contribution >= 4 is 32.8 Å². The van der Waals surface area contributed by atoms with Crippen molar-refractivity contribution in [2.24, 2.45) is 0 Å². The van der Waals surface area contributed by atoms with Crippen LogP contribution >= 0.6 is 0 Å². The molecule has 0 unspecified atom stereocenters. The van der Waals surface area contributed by atoms with Gasteiger partial charge in [-0.15, -0.1) is 0 Å². The molecule has 3 aromatic heterocycles. The van der Waals surface area contributed by atoms with Gasteiger partial charge in [0.2, 0.25) is 0 Å². The molecule has 0 radical (unpaired) electrons. The van der Waals surface area contributed by atoms with Crippen LogP contribution in [0.3, 0.4) is 0 Å². The lowest BCUT2D eigenvalue weighted by atomic mass is 9.82. The van der Waals surface area contributed by atoms with E-state index in [1.807, 2.05) is 12.3 Å². The highest BCUT2D eigenvalue weighted by Crippen LogP contribution is 2.52. The molecule has 0 saturated heterocycles. The van der Waals surface area contributed by atoms with Crippen LogP contribution in [0.2, 0.25) is 0 Å². The lowest BCUT2D eigenvalue weighted by Crippen LogP contribution is -2.31. The summed E-state index contributed by atoms with van der Waals surface area (Å²) in [5, 5.41) is 2.31. The summed E-state index contributed by atoms with van der Waals surface area (Å²) in [4.78, 5) is 4.96. The summed E-state index contributed by atoms with van der Waals surface area (Å²) in [6.45, 7) is 11.4. The second kappa shape index (κ2) is 15.0. The lowest BCUT2D eigenvalue weighted by Gasteiger charge is -2.22. The van der Waals surface area contributed by atoms with Crippen LogP contribution in [0.5, 0.6) is 11.5 Å². The number of fused-ring (bicyclic) bond motifs is 7. The third-order valence-corrected chi connectivity index (χ3v) is 13.7. The molecule has 66 heavy (non-hydrogen) atoms. The first-order chi connectivity index (χ1) is 32.1. The maximum Gasteiger partial charge on any atom is 0.255 e. The maximum absolute atomic E-state index is 6.86. The van der Waals surface area contributed by atoms with Gasteiger partial charge in [0.05, 0.1) is 11.0 Å². The Balaban J connectivity index is 0.989. The molecule has 12 rings (SSSR count). The van der Waals surface area contributed by atoms with Crippen LogP contribution in [0.15, 0.2) is 207 Å². The van der Waals surface area contributed by atoms with Crippen LogP contribution in [0.1, 0.15) is 51.3 Å². The molecule has 0 amide bonds. The third-order valence-electron chi connectivity index (χ3n) is 13.7. The van der Waals surface area contributed by atoms with Gasteiger partial charge in [-0.05, 0) is 111 Å². The number of aromatic nitrogens is 4. The van der Waals surface area contributed by atoms with Crippen LogP contribution in [-0.2, 0) is 10.8 Å². The van der Waals surface area contributed by atoms with Gasteiger partial charge in [-0.1, -0.05) is 150 Å². The Kier molecular flexibility index (Phi) is 9.01. The lowest BCUT2D eigenvalue weighted by molar-refractivity contribution is -0.566. The fourth-order valence-corrected chi connectivity index (χ4v) is 10.3. The van der Waals surface area contributed by atoms with E-state index in [9.17, 15) is 0 Å². The van der Waals surface area contributed by atoms with Crippen molar-refractivity contribution in [2.45, 2.75) is 45.4 Å². The van der Waals surface area contributed by atoms with Gasteiger partial charge in [-0.2, -0.15) is 9.13 Å². The van der Waals surface area contributed by atoms with Crippen molar-refractivity contribution in [1.82, 2.24) is 14.1 Å². The van der Waals surface area contributed by atoms with E-state index < -0.39 is 0 Å². The smallest absolute Gasteiger partial charge is 0.255 e. The summed E-state index contributed by atoms with van der Waals surface area (Å²) in [6.07, 6.45) is 4.19. The van der Waals surface area contributed by atoms with E-state index in [4.69, 9.17) is 9.72 Å². The van der Waals surface area contributed by atoms with E-state index in [1.54, 1.807) is 0 Å². The van der Waals surface area contributed by atoms with Gasteiger partial charge >= 0.3 is 0 Å². The van der Waals surface area contributed by atoms with Crippen LogP contribution in [-0.4, -0.2) is 14.1 Å². The molecule has 5 heteroatoms. The molecule has 0 bridgehead atoms. The van der Waals surface area contributed by atoms with Crippen LogP contribution in [0.25, 0.3) is 83.4 Å². The molecule has 0 saturated carbocycles. The number of ether oxygens (including phenoxy) is 1. The molecule has 0 aliphatic heterocycles. The van der Waals surface area contributed by atoms with E-state index in [-0.39, 0.29) is 10.8 Å². The minimum atomic E-state index is -0.143. The normalized spacial score (nSPS) is 13.0. The maximum atomic E-state index is 6.86. The fraction of sp³-hybridized carbons (Fsp3) is 0.115. The molecule has 3 heterocycles. The van der Waals surface area contributed by atoms with Crippen molar-refractivity contribution in [3.63, 3.8) is 0 Å². The van der Waals surface area contributed by atoms with Crippen molar-refractivity contribution < 1.29 is 9.30 Å². The molecule has 0 atom stereocenters. The summed E-state index contributed by atoms with van der Waals surface area (Å²) < 4.78 is 13.8. The van der Waals surface area contributed by atoms with Crippen LogP contribution < -0.4 is 9.30 Å². The van der Waals surface area contributed by atoms with E-state index >= 15 is 0 Å². The second-order valence-electron chi connectivity index (χ2n) is 19.1. The monoisotopic (exact) mass is 853 g/mol. The molecule has 11 aromatic rings. The standard InChI is InChI=1S/C61H49N4O/c1-60(2,3)43-33-34-62-57(36-43)65-53-32-27-42(40-17-8-6-9-18-40)35-50(53)48-29-28-46(38-56(48)65)66-45-22-16-21-44(37-45)63-39-64(55-26-15-14-25-54(55)63)59-47(41-19-10-7-11-20-41)30-31-52-58(59)49-23-12-13-24-51(49)61(52,4)5/h6-39H,1-5H3/q+1. The zero-order valence-electron chi connectivity index (χ0n) is 37.8. The second-order valence-corrected chi connectivity index (χ2v) is 19.1. The number of hydrogen-bond acceptors (Lipinski definition) is 2. The van der Waals surface area contributed by atoms with E-state index in [2.05, 4.69) is 243 Å². The number of imidazole rings is 1. The van der Waals surface area contributed by atoms with Crippen molar-refractivity contribution in [3.8, 4) is 62.1 Å². The molecule has 0 spiro atoms. The Hall–Kier alpha value is -8.02. The highest BCUT2D eigenvalue weighted by molar-refractivity contribution is 6.10. The van der Waals surface area contributed by atoms with Gasteiger partial charge in [0.1, 0.15) is 28.7 Å². The third kappa shape index (κ3) is 6.37. The van der Waals surface area contributed by atoms with Gasteiger partial charge in [0.15, 0.2) is 11.0 Å². The van der Waals surface area contributed by atoms with Gasteiger partial charge < -0.3 is 4.74 Å². The average Bonchev–Trinajstić information content (AvgIpc) is 3.97. The molecular weight excluding hydrogens is 805 g/mol. The summed E-state index contributed by atoms with van der Waals surface area (Å²) in [7, 11) is 0. The number of pyridine rings is 1. The Morgan fingerprint density at radius 3 is 2.09 bits per heavy atom. The average molecular weight is 854 g/mol. The Labute approximate surface area is 385 Å². The molecule has 0 N–H and O–H groups in total. The van der Waals surface area contributed by atoms with Gasteiger partial charge in [0, 0.05) is 45.6 Å². The molecule has 1 aliphatic rings. The van der Waals surface area contributed by atoms with E-state index in [0.717, 1.165) is 50.5 Å². The summed E-state index contributed by atoms with van der Waals surface area (Å²) >= 11 is 0. The Bertz CT molecular complexity index is 3680. The predicted molar refractivity (Wildman–Crippen MR) is 271 cm³/mol. The molecule has 1 aliphatic carbocycles. The molecule has 5 nitrogen and oxygen atoms in total. The fourth-order valence-electron chi connectivity index (χ4n) is 10.3. The van der Waals surface area contributed by atoms with Crippen molar-refractivity contribution in [2.75, 3.05) is 0 Å². The highest BCUT2D eigenvalue weighted by Gasteiger charge is 2.40. The number of para-hydroxylation sites is 2. The largest absolute Gasteiger partial charge is 0.457 e. The first kappa shape index (κ1) is 39.6. The number of nitrogens with zero attached hydrogens (tertiary/aromatic N) is 4. The van der Waals surface area contributed by atoms with Gasteiger partial charge in [-0.3, -0.25) is 4.57 Å². The topological polar surface area (TPSA) is 35.9 Å². The first-order valence-corrected chi connectivity index (χ1v) is 22.9. The quantitative estimate of drug-likeness (QED) is 0.150. The van der Waals surface area contributed by atoms with E-state index in [0.29, 0.717) is 0 Å². The summed E-state index contributed by atoms with van der Waals surface area (Å²) in [5.41, 5.74) is 17.6. The zero-order chi connectivity index (χ0) is 44.7. The number of hydrogen-bond donors (Lipinski definition) is 0. The van der Waals surface area contributed by atoms with Gasteiger partial charge in [0.25, 0.3) is 6.33 Å². The summed E-state index contributed by atoms with van der Waals surface area (Å²) in [5.74, 6) is 2.38. The molecular formula is C61H49N4O+. The number of rotatable bonds is 7. The Morgan fingerprint density at radius 2 is 1.27 bits per heavy atom. The molecule has 0 fully saturated rings. The SMILES string of the molecule is CC(C)(C)c1ccnc(-n2c3ccc(-c4ccccc4)cc3c3ccc(Oc4cccc(-n5c[n+](-c6c(-c7ccccc7)ccc7c6-c6ccccc6C7(C)C)c6ccccc65)c4)cc32)c1. The highest BCUT2D eigenvalue weighted by atomic mass is 16.5. The van der Waals surface area contributed by atoms with Gasteiger partial charge in [-0.25, -0.2) is 4.98 Å². The van der Waals surface area contributed by atoms with Crippen molar-refractivity contribution in [3.05, 3.63) is 223 Å². The Morgan fingerprint density at radius 1 is 0.530 bits per heavy atom. The van der Waals surface area contributed by atoms with Crippen molar-refractivity contribution in [1.29, 1.82) is 0 Å².